The molecule has 0 heterocycles. The topological polar surface area (TPSA) is 0 Å². The zero-order valence-corrected chi connectivity index (χ0v) is 32.5. The van der Waals surface area contributed by atoms with Gasteiger partial charge in [-0.15, -0.1) is 0 Å². The largest absolute Gasteiger partial charge is 0.0804 e. The third kappa shape index (κ3) is 5.33. The van der Waals surface area contributed by atoms with E-state index in [9.17, 15) is 0 Å². The van der Waals surface area contributed by atoms with Crippen LogP contribution in [-0.4, -0.2) is 0 Å². The molecule has 0 amide bonds. The van der Waals surface area contributed by atoms with Gasteiger partial charge in [0.25, 0.3) is 0 Å². The molecule has 0 spiro atoms. The van der Waals surface area contributed by atoms with E-state index in [0.717, 1.165) is 25.7 Å². The lowest BCUT2D eigenvalue weighted by Gasteiger charge is -2.27. The van der Waals surface area contributed by atoms with Crippen molar-refractivity contribution in [1.82, 2.24) is 0 Å². The third-order valence-corrected chi connectivity index (χ3v) is 12.5. The van der Waals surface area contributed by atoms with E-state index in [4.69, 9.17) is 0 Å². The van der Waals surface area contributed by atoms with Crippen LogP contribution >= 0.6 is 0 Å². The van der Waals surface area contributed by atoms with Gasteiger partial charge in [-0.1, -0.05) is 163 Å². The molecule has 0 radical (unpaired) electrons. The molecule has 0 unspecified atom stereocenters. The first kappa shape index (κ1) is 33.1. The molecule has 7 aromatic carbocycles. The van der Waals surface area contributed by atoms with Crippen molar-refractivity contribution in [2.24, 2.45) is 5.41 Å². The summed E-state index contributed by atoms with van der Waals surface area (Å²) >= 11 is 0. The number of rotatable bonds is 4. The second-order valence-corrected chi connectivity index (χ2v) is 18.1. The predicted molar refractivity (Wildman–Crippen MR) is 235 cm³/mol. The summed E-state index contributed by atoms with van der Waals surface area (Å²) in [4.78, 5) is 0. The van der Waals surface area contributed by atoms with E-state index in [-0.39, 0.29) is 10.8 Å². The monoisotopic (exact) mass is 696 g/mol. The average Bonchev–Trinajstić information content (AvgIpc) is 3.81. The van der Waals surface area contributed by atoms with Crippen LogP contribution in [0.25, 0.3) is 72.3 Å². The van der Waals surface area contributed by atoms with Crippen molar-refractivity contribution in [2.75, 3.05) is 0 Å². The molecule has 54 heavy (non-hydrogen) atoms. The second kappa shape index (κ2) is 12.0. The van der Waals surface area contributed by atoms with E-state index >= 15 is 0 Å². The molecule has 0 bridgehead atoms. The third-order valence-electron chi connectivity index (χ3n) is 12.5. The molecular formula is C54H48. The molecule has 3 aliphatic rings. The highest BCUT2D eigenvalue weighted by Gasteiger charge is 2.27. The highest BCUT2D eigenvalue weighted by Crippen LogP contribution is 2.49. The fourth-order valence-corrected chi connectivity index (χ4v) is 9.52. The minimum Gasteiger partial charge on any atom is -0.0804 e. The van der Waals surface area contributed by atoms with Gasteiger partial charge < -0.3 is 0 Å². The van der Waals surface area contributed by atoms with E-state index < -0.39 is 0 Å². The normalized spacial score (nSPS) is 15.7. The van der Waals surface area contributed by atoms with Crippen LogP contribution in [0.2, 0.25) is 0 Å². The van der Waals surface area contributed by atoms with Crippen molar-refractivity contribution in [3.05, 3.63) is 171 Å². The van der Waals surface area contributed by atoms with Gasteiger partial charge in [0.05, 0.1) is 0 Å². The summed E-state index contributed by atoms with van der Waals surface area (Å²) in [5, 5.41) is 8.25. The molecule has 0 fully saturated rings. The summed E-state index contributed by atoms with van der Waals surface area (Å²) in [5.41, 5.74) is 19.6. The maximum atomic E-state index is 2.56. The van der Waals surface area contributed by atoms with Crippen molar-refractivity contribution in [2.45, 2.75) is 72.6 Å². The van der Waals surface area contributed by atoms with Gasteiger partial charge in [-0.05, 0) is 159 Å². The molecule has 0 atom stereocenters. The van der Waals surface area contributed by atoms with Crippen LogP contribution in [0.1, 0.15) is 98.9 Å². The first-order chi connectivity index (χ1) is 26.0. The molecular weight excluding hydrogens is 649 g/mol. The first-order valence-electron chi connectivity index (χ1n) is 19.9. The number of benzene rings is 7. The van der Waals surface area contributed by atoms with Crippen molar-refractivity contribution < 1.29 is 0 Å². The molecule has 0 nitrogen and oxygen atoms in total. The summed E-state index contributed by atoms with van der Waals surface area (Å²) in [6.45, 7) is 14.0. The van der Waals surface area contributed by atoms with Gasteiger partial charge in [-0.25, -0.2) is 0 Å². The van der Waals surface area contributed by atoms with Gasteiger partial charge in [0.2, 0.25) is 0 Å². The first-order valence-corrected chi connectivity index (χ1v) is 19.9. The van der Waals surface area contributed by atoms with Crippen LogP contribution in [-0.2, 0) is 18.3 Å². The zero-order chi connectivity index (χ0) is 36.9. The minimum absolute atomic E-state index is 0.0582. The quantitative estimate of drug-likeness (QED) is 0.161. The number of hydrogen-bond acceptors (Lipinski definition) is 0. The van der Waals surface area contributed by atoms with Crippen LogP contribution in [0.15, 0.2) is 127 Å². The number of allylic oxidation sites excluding steroid dienone is 6. The fraction of sp³-hybridized carbons (Fsp3) is 0.222. The molecule has 0 saturated heterocycles. The Bertz CT molecular complexity index is 2810. The Labute approximate surface area is 320 Å². The molecule has 0 aliphatic heterocycles. The standard InChI is InChI=1S/C54H48/c1-53(2,3)41-19-11-17-37(29-41)47-31-49(39-25-33-13-7-8-14-34(33)26-39)45-24-22-44-48(38-18-12-20-42(30-38)54(4,5)6)32-50(46-23-21-43(47)51(45)52(44)46)40-27-35-15-9-10-16-36(35)28-40/h7-11,13-17,19-25,27,29-32H,12,18,26,28H2,1-6H3. The highest BCUT2D eigenvalue weighted by atomic mass is 14.3. The van der Waals surface area contributed by atoms with Gasteiger partial charge in [0.1, 0.15) is 0 Å². The number of hydrogen-bond donors (Lipinski definition) is 0. The highest BCUT2D eigenvalue weighted by molar-refractivity contribution is 6.30. The Morgan fingerprint density at radius 1 is 0.444 bits per heavy atom. The molecule has 0 N–H and O–H groups in total. The van der Waals surface area contributed by atoms with Crippen molar-refractivity contribution >= 4 is 61.2 Å². The Kier molecular flexibility index (Phi) is 7.38. The van der Waals surface area contributed by atoms with E-state index in [0.29, 0.717) is 0 Å². The van der Waals surface area contributed by atoms with Crippen LogP contribution in [0.3, 0.4) is 0 Å². The SMILES string of the molecule is CC(C)(C)C1=CCCC(c2cc(C3=Cc4ccccc4C3)c3ccc4c(-c5cccc(C(C)(C)C)c5)cc(C5=Cc6ccccc6C5)c5ccc2c3c54)=C1. The second-order valence-electron chi connectivity index (χ2n) is 18.1. The molecule has 0 saturated carbocycles. The van der Waals surface area contributed by atoms with E-state index in [1.165, 1.54) is 110 Å². The minimum atomic E-state index is 0.0582. The summed E-state index contributed by atoms with van der Waals surface area (Å²) in [6, 6.07) is 42.1. The summed E-state index contributed by atoms with van der Waals surface area (Å²) in [6.07, 6.45) is 13.9. The number of fused-ring (bicyclic) bond motifs is 2. The van der Waals surface area contributed by atoms with Gasteiger partial charge in [0, 0.05) is 0 Å². The van der Waals surface area contributed by atoms with E-state index in [1.54, 1.807) is 0 Å². The van der Waals surface area contributed by atoms with Crippen LogP contribution in [0, 0.1) is 5.41 Å². The van der Waals surface area contributed by atoms with Gasteiger partial charge in [-0.3, -0.25) is 0 Å². The van der Waals surface area contributed by atoms with Crippen molar-refractivity contribution in [3.8, 4) is 11.1 Å². The summed E-state index contributed by atoms with van der Waals surface area (Å²) < 4.78 is 0. The van der Waals surface area contributed by atoms with Crippen LogP contribution in [0.5, 0.6) is 0 Å². The Morgan fingerprint density at radius 3 is 1.50 bits per heavy atom. The predicted octanol–water partition coefficient (Wildman–Crippen LogP) is 14.9. The molecule has 10 rings (SSSR count). The molecule has 7 aromatic rings. The average molecular weight is 697 g/mol. The lowest BCUT2D eigenvalue weighted by molar-refractivity contribution is 0.513. The maximum Gasteiger partial charge on any atom is -0.00135 e. The van der Waals surface area contributed by atoms with E-state index in [2.05, 4.69) is 175 Å². The van der Waals surface area contributed by atoms with Crippen molar-refractivity contribution in [1.29, 1.82) is 0 Å². The van der Waals surface area contributed by atoms with Gasteiger partial charge in [0.15, 0.2) is 0 Å². The Morgan fingerprint density at radius 2 is 0.963 bits per heavy atom. The van der Waals surface area contributed by atoms with E-state index in [1.807, 2.05) is 0 Å². The maximum absolute atomic E-state index is 2.56. The van der Waals surface area contributed by atoms with Crippen molar-refractivity contribution in [3.63, 3.8) is 0 Å². The smallest absolute Gasteiger partial charge is 0.00135 e. The van der Waals surface area contributed by atoms with Crippen LogP contribution in [0.4, 0.5) is 0 Å². The molecule has 3 aliphatic carbocycles. The lowest BCUT2D eigenvalue weighted by atomic mass is 9.77. The lowest BCUT2D eigenvalue weighted by Crippen LogP contribution is -2.10. The molecule has 0 aromatic heterocycles. The Hall–Kier alpha value is -5.46. The summed E-state index contributed by atoms with van der Waals surface area (Å²) in [7, 11) is 0. The Balaban J connectivity index is 1.31. The fourth-order valence-electron chi connectivity index (χ4n) is 9.52. The zero-order valence-electron chi connectivity index (χ0n) is 32.5. The van der Waals surface area contributed by atoms with Gasteiger partial charge in [-0.2, -0.15) is 0 Å². The summed E-state index contributed by atoms with van der Waals surface area (Å²) in [5.74, 6) is 0. The molecule has 0 heteroatoms. The molecule has 264 valence electrons. The van der Waals surface area contributed by atoms with Crippen LogP contribution < -0.4 is 0 Å². The van der Waals surface area contributed by atoms with Gasteiger partial charge >= 0.3 is 0 Å².